The molecular formula is C13H15NOS. The number of nitrogens with zero attached hydrogens (tertiary/aromatic N) is 1. The second-order valence-corrected chi connectivity index (χ2v) is 5.00. The number of hydrogen-bond donors (Lipinski definition) is 0. The van der Waals surface area contributed by atoms with Crippen LogP contribution in [0.3, 0.4) is 0 Å². The third kappa shape index (κ3) is 3.07. The van der Waals surface area contributed by atoms with Gasteiger partial charge in [-0.15, -0.1) is 0 Å². The molecule has 2 aromatic rings. The van der Waals surface area contributed by atoms with Gasteiger partial charge in [0.25, 0.3) is 5.19 Å². The Bertz CT molecular complexity index is 420. The summed E-state index contributed by atoms with van der Waals surface area (Å²) in [6.45, 7) is 4.44. The SMILES string of the molecule is CC(C)Cc1ccc(Oc2nccs2)cc1. The standard InChI is InChI=1S/C13H15NOS/c1-10(2)9-11-3-5-12(6-4-11)15-13-14-7-8-16-13/h3-8,10H,9H2,1-2H3. The first kappa shape index (κ1) is 11.1. The van der Waals surface area contributed by atoms with E-state index < -0.39 is 0 Å². The summed E-state index contributed by atoms with van der Waals surface area (Å²) in [6.07, 6.45) is 2.85. The molecule has 2 rings (SSSR count). The van der Waals surface area contributed by atoms with Crippen molar-refractivity contribution in [3.05, 3.63) is 41.4 Å². The average Bonchev–Trinajstić information content (AvgIpc) is 2.73. The van der Waals surface area contributed by atoms with Crippen molar-refractivity contribution < 1.29 is 4.74 Å². The van der Waals surface area contributed by atoms with Gasteiger partial charge < -0.3 is 4.74 Å². The van der Waals surface area contributed by atoms with Crippen molar-refractivity contribution in [1.29, 1.82) is 0 Å². The van der Waals surface area contributed by atoms with Crippen LogP contribution in [0.4, 0.5) is 0 Å². The molecule has 1 aromatic heterocycles. The van der Waals surface area contributed by atoms with E-state index >= 15 is 0 Å². The average molecular weight is 233 g/mol. The molecular weight excluding hydrogens is 218 g/mol. The highest BCUT2D eigenvalue weighted by Crippen LogP contribution is 2.23. The topological polar surface area (TPSA) is 22.1 Å². The first-order chi connectivity index (χ1) is 7.74. The normalized spacial score (nSPS) is 10.7. The van der Waals surface area contributed by atoms with Crippen molar-refractivity contribution in [1.82, 2.24) is 4.98 Å². The monoisotopic (exact) mass is 233 g/mol. The van der Waals surface area contributed by atoms with Gasteiger partial charge in [-0.1, -0.05) is 37.3 Å². The predicted octanol–water partition coefficient (Wildman–Crippen LogP) is 4.13. The van der Waals surface area contributed by atoms with E-state index in [2.05, 4.69) is 31.0 Å². The Morgan fingerprint density at radius 3 is 2.56 bits per heavy atom. The molecule has 0 N–H and O–H groups in total. The van der Waals surface area contributed by atoms with E-state index in [0.717, 1.165) is 12.2 Å². The highest BCUT2D eigenvalue weighted by Gasteiger charge is 2.01. The van der Waals surface area contributed by atoms with Gasteiger partial charge in [0.1, 0.15) is 5.75 Å². The van der Waals surface area contributed by atoms with Crippen molar-refractivity contribution in [2.24, 2.45) is 5.92 Å². The van der Waals surface area contributed by atoms with Crippen LogP contribution in [0.5, 0.6) is 10.9 Å². The molecule has 0 bridgehead atoms. The largest absolute Gasteiger partial charge is 0.431 e. The molecule has 1 heterocycles. The molecule has 0 saturated carbocycles. The second-order valence-electron chi connectivity index (χ2n) is 4.14. The molecule has 0 amide bonds. The Hall–Kier alpha value is -1.35. The lowest BCUT2D eigenvalue weighted by atomic mass is 10.0. The first-order valence-electron chi connectivity index (χ1n) is 5.40. The Labute approximate surface area is 99.9 Å². The Balaban J connectivity index is 2.02. The fraction of sp³-hybridized carbons (Fsp3) is 0.308. The zero-order chi connectivity index (χ0) is 11.4. The maximum Gasteiger partial charge on any atom is 0.278 e. The number of ether oxygens (including phenoxy) is 1. The molecule has 0 radical (unpaired) electrons. The lowest BCUT2D eigenvalue weighted by molar-refractivity contribution is 0.478. The quantitative estimate of drug-likeness (QED) is 0.792. The highest BCUT2D eigenvalue weighted by molar-refractivity contribution is 7.11. The summed E-state index contributed by atoms with van der Waals surface area (Å²) in [5, 5.41) is 2.60. The summed E-state index contributed by atoms with van der Waals surface area (Å²) in [5.74, 6) is 1.54. The van der Waals surface area contributed by atoms with Gasteiger partial charge in [-0.25, -0.2) is 4.98 Å². The van der Waals surface area contributed by atoms with Gasteiger partial charge in [0.15, 0.2) is 0 Å². The number of hydrogen-bond acceptors (Lipinski definition) is 3. The third-order valence-electron chi connectivity index (χ3n) is 2.18. The molecule has 0 spiro atoms. The second kappa shape index (κ2) is 5.12. The predicted molar refractivity (Wildman–Crippen MR) is 67.2 cm³/mol. The van der Waals surface area contributed by atoms with E-state index in [1.807, 2.05) is 17.5 Å². The Morgan fingerprint density at radius 2 is 2.00 bits per heavy atom. The summed E-state index contributed by atoms with van der Waals surface area (Å²) in [4.78, 5) is 4.08. The summed E-state index contributed by atoms with van der Waals surface area (Å²) in [7, 11) is 0. The van der Waals surface area contributed by atoms with Gasteiger partial charge in [-0.2, -0.15) is 0 Å². The maximum atomic E-state index is 5.59. The summed E-state index contributed by atoms with van der Waals surface area (Å²) < 4.78 is 5.59. The Morgan fingerprint density at radius 1 is 1.25 bits per heavy atom. The molecule has 1 aromatic carbocycles. The molecule has 0 fully saturated rings. The zero-order valence-electron chi connectivity index (χ0n) is 9.51. The minimum Gasteiger partial charge on any atom is -0.431 e. The molecule has 2 nitrogen and oxygen atoms in total. The van der Waals surface area contributed by atoms with E-state index in [4.69, 9.17) is 4.74 Å². The van der Waals surface area contributed by atoms with E-state index in [9.17, 15) is 0 Å². The molecule has 0 atom stereocenters. The number of rotatable bonds is 4. The molecule has 0 unspecified atom stereocenters. The molecule has 0 saturated heterocycles. The molecule has 84 valence electrons. The van der Waals surface area contributed by atoms with Crippen LogP contribution in [0.2, 0.25) is 0 Å². The molecule has 0 aliphatic rings. The van der Waals surface area contributed by atoms with Gasteiger partial charge in [0.05, 0.1) is 0 Å². The fourth-order valence-electron chi connectivity index (χ4n) is 1.53. The molecule has 3 heteroatoms. The van der Waals surface area contributed by atoms with E-state index in [0.29, 0.717) is 11.1 Å². The van der Waals surface area contributed by atoms with Crippen LogP contribution in [0.1, 0.15) is 19.4 Å². The fourth-order valence-corrected chi connectivity index (χ4v) is 2.03. The van der Waals surface area contributed by atoms with E-state index in [-0.39, 0.29) is 0 Å². The van der Waals surface area contributed by atoms with Crippen LogP contribution >= 0.6 is 11.3 Å². The molecule has 16 heavy (non-hydrogen) atoms. The van der Waals surface area contributed by atoms with Gasteiger partial charge in [-0.3, -0.25) is 0 Å². The van der Waals surface area contributed by atoms with Crippen molar-refractivity contribution in [2.75, 3.05) is 0 Å². The summed E-state index contributed by atoms with van der Waals surface area (Å²) >= 11 is 1.50. The maximum absolute atomic E-state index is 5.59. The van der Waals surface area contributed by atoms with Crippen molar-refractivity contribution in [3.63, 3.8) is 0 Å². The van der Waals surface area contributed by atoms with Gasteiger partial charge >= 0.3 is 0 Å². The van der Waals surface area contributed by atoms with Crippen LogP contribution in [0, 0.1) is 5.92 Å². The van der Waals surface area contributed by atoms with Crippen LogP contribution in [0.25, 0.3) is 0 Å². The minimum atomic E-state index is 0.686. The van der Waals surface area contributed by atoms with Crippen molar-refractivity contribution in [3.8, 4) is 10.9 Å². The number of thiazole rings is 1. The molecule has 0 aliphatic carbocycles. The lowest BCUT2D eigenvalue weighted by Gasteiger charge is -2.06. The lowest BCUT2D eigenvalue weighted by Crippen LogP contribution is -1.93. The van der Waals surface area contributed by atoms with Crippen LogP contribution in [-0.4, -0.2) is 4.98 Å². The third-order valence-corrected chi connectivity index (χ3v) is 2.83. The zero-order valence-corrected chi connectivity index (χ0v) is 10.3. The van der Waals surface area contributed by atoms with Crippen LogP contribution < -0.4 is 4.74 Å². The van der Waals surface area contributed by atoms with E-state index in [1.165, 1.54) is 16.9 Å². The minimum absolute atomic E-state index is 0.686. The summed E-state index contributed by atoms with van der Waals surface area (Å²) in [5.41, 5.74) is 1.35. The van der Waals surface area contributed by atoms with Gasteiger partial charge in [0, 0.05) is 11.6 Å². The van der Waals surface area contributed by atoms with Crippen LogP contribution in [-0.2, 0) is 6.42 Å². The molecule has 0 aliphatic heterocycles. The van der Waals surface area contributed by atoms with Crippen LogP contribution in [0.15, 0.2) is 35.8 Å². The first-order valence-corrected chi connectivity index (χ1v) is 6.28. The summed E-state index contributed by atoms with van der Waals surface area (Å²) in [6, 6.07) is 8.23. The smallest absolute Gasteiger partial charge is 0.278 e. The van der Waals surface area contributed by atoms with E-state index in [1.54, 1.807) is 6.20 Å². The van der Waals surface area contributed by atoms with Crippen molar-refractivity contribution >= 4 is 11.3 Å². The van der Waals surface area contributed by atoms with Crippen molar-refractivity contribution in [2.45, 2.75) is 20.3 Å². The van der Waals surface area contributed by atoms with Gasteiger partial charge in [0.2, 0.25) is 0 Å². The highest BCUT2D eigenvalue weighted by atomic mass is 32.1. The van der Waals surface area contributed by atoms with Gasteiger partial charge in [-0.05, 0) is 30.0 Å². The number of aromatic nitrogens is 1. The Kier molecular flexibility index (Phi) is 3.57. The number of benzene rings is 1.